The van der Waals surface area contributed by atoms with E-state index in [1.807, 2.05) is 18.3 Å². The van der Waals surface area contributed by atoms with Crippen LogP contribution in [-0.2, 0) is 0 Å². The number of nitrogens with zero attached hydrogens (tertiary/aromatic N) is 4. The average Bonchev–Trinajstić information content (AvgIpc) is 3.49. The minimum atomic E-state index is -2.62. The molecular weight excluding hydrogens is 502 g/mol. The number of aromatic nitrogens is 5. The topological polar surface area (TPSA) is 100 Å². The number of amides is 1. The van der Waals surface area contributed by atoms with Gasteiger partial charge >= 0.3 is 0 Å². The van der Waals surface area contributed by atoms with Crippen molar-refractivity contribution in [1.82, 2.24) is 29.9 Å². The molecule has 0 saturated heterocycles. The van der Waals surface area contributed by atoms with Gasteiger partial charge < -0.3 is 15.6 Å². The van der Waals surface area contributed by atoms with Crippen molar-refractivity contribution < 1.29 is 22.4 Å². The summed E-state index contributed by atoms with van der Waals surface area (Å²) in [6.07, 6.45) is 7.11. The van der Waals surface area contributed by atoms with Gasteiger partial charge in [-0.25, -0.2) is 27.1 Å². The molecule has 1 amide bonds. The van der Waals surface area contributed by atoms with Crippen LogP contribution in [0.4, 0.5) is 23.5 Å². The monoisotopic (exact) mass is 529 g/mol. The van der Waals surface area contributed by atoms with Crippen molar-refractivity contribution in [2.24, 2.45) is 11.8 Å². The lowest BCUT2D eigenvalue weighted by molar-refractivity contribution is -0.108. The third-order valence-electron chi connectivity index (χ3n) is 7.62. The second-order valence-corrected chi connectivity index (χ2v) is 10.5. The zero-order chi connectivity index (χ0) is 26.5. The lowest BCUT2D eigenvalue weighted by Crippen LogP contribution is -2.42. The van der Waals surface area contributed by atoms with E-state index in [2.05, 4.69) is 30.7 Å². The van der Waals surface area contributed by atoms with E-state index in [9.17, 15) is 22.4 Å². The van der Waals surface area contributed by atoms with Crippen LogP contribution in [0.25, 0.3) is 27.7 Å². The molecule has 200 valence electrons. The minimum absolute atomic E-state index is 0.0798. The van der Waals surface area contributed by atoms with Crippen molar-refractivity contribution in [2.75, 3.05) is 18.4 Å². The van der Waals surface area contributed by atoms with Gasteiger partial charge in [-0.15, -0.1) is 0 Å². The number of carbonyl (C=O) groups is 1. The molecule has 2 fully saturated rings. The molecule has 6 rings (SSSR count). The Hall–Kier alpha value is -3.70. The number of halogens is 4. The van der Waals surface area contributed by atoms with Crippen molar-refractivity contribution in [1.29, 1.82) is 0 Å². The van der Waals surface area contributed by atoms with E-state index in [1.54, 1.807) is 16.9 Å². The number of hydrogen-bond donors (Lipinski definition) is 3. The van der Waals surface area contributed by atoms with Crippen molar-refractivity contribution >= 4 is 28.4 Å². The second-order valence-electron chi connectivity index (χ2n) is 10.5. The number of fused-ring (bicyclic) bond motifs is 2. The van der Waals surface area contributed by atoms with Crippen LogP contribution in [0.15, 0.2) is 36.9 Å². The molecular formula is C26H27F4N7O. The molecule has 0 radical (unpaired) electrons. The van der Waals surface area contributed by atoms with Gasteiger partial charge in [0.15, 0.2) is 0 Å². The van der Waals surface area contributed by atoms with Crippen molar-refractivity contribution in [3.63, 3.8) is 0 Å². The highest BCUT2D eigenvalue weighted by Crippen LogP contribution is 2.42. The second kappa shape index (κ2) is 9.25. The summed E-state index contributed by atoms with van der Waals surface area (Å²) in [6.45, 7) is 0.746. The van der Waals surface area contributed by atoms with Crippen LogP contribution in [0.5, 0.6) is 0 Å². The number of H-pyrrole nitrogens is 1. The summed E-state index contributed by atoms with van der Waals surface area (Å²) in [4.78, 5) is 24.9. The van der Waals surface area contributed by atoms with Gasteiger partial charge in [-0.1, -0.05) is 0 Å². The third-order valence-corrected chi connectivity index (χ3v) is 7.62. The standard InChI is InChI=1S/C26H27F4N7O/c27-25(28)4-1-15(2-5-25)10-33-24-34-13-19-18(12-31-22(19)36-24)17-3-6-37-21(7-17)20(14-35-37)23(38)32-11-16-8-26(29,30)9-16/h3,6-7,12-16H,1-2,4-5,8-11H2,(H,32,38)(H2,31,33,34,36). The average molecular weight is 530 g/mol. The fraction of sp³-hybridized carbons (Fsp3) is 0.462. The number of aromatic amines is 1. The fourth-order valence-electron chi connectivity index (χ4n) is 5.36. The summed E-state index contributed by atoms with van der Waals surface area (Å²) in [6, 6.07) is 3.71. The molecule has 0 aromatic carbocycles. The maximum atomic E-state index is 13.4. The first kappa shape index (κ1) is 24.6. The number of nitrogens with one attached hydrogen (secondary N) is 3. The highest BCUT2D eigenvalue weighted by Gasteiger charge is 2.45. The zero-order valence-corrected chi connectivity index (χ0v) is 20.5. The summed E-state index contributed by atoms with van der Waals surface area (Å²) in [7, 11) is 0. The number of rotatable bonds is 7. The summed E-state index contributed by atoms with van der Waals surface area (Å²) >= 11 is 0. The van der Waals surface area contributed by atoms with Crippen LogP contribution in [0.1, 0.15) is 48.9 Å². The molecule has 0 bridgehead atoms. The molecule has 12 heteroatoms. The highest BCUT2D eigenvalue weighted by molar-refractivity contribution is 6.02. The summed E-state index contributed by atoms with van der Waals surface area (Å²) in [5, 5.41) is 10.9. The Morgan fingerprint density at radius 2 is 1.87 bits per heavy atom. The Labute approximate surface area is 215 Å². The van der Waals surface area contributed by atoms with Crippen LogP contribution in [0, 0.1) is 11.8 Å². The Morgan fingerprint density at radius 1 is 1.08 bits per heavy atom. The maximum absolute atomic E-state index is 13.4. The van der Waals surface area contributed by atoms with Crippen LogP contribution >= 0.6 is 0 Å². The molecule has 0 aliphatic heterocycles. The SMILES string of the molecule is O=C(NCC1CC(F)(F)C1)c1cnn2ccc(-c3c[nH]c4nc(NCC5CCC(F)(F)CC5)ncc34)cc12. The highest BCUT2D eigenvalue weighted by atomic mass is 19.3. The Balaban J connectivity index is 1.16. The Kier molecular flexibility index (Phi) is 5.99. The zero-order valence-electron chi connectivity index (χ0n) is 20.5. The predicted molar refractivity (Wildman–Crippen MR) is 133 cm³/mol. The van der Waals surface area contributed by atoms with Gasteiger partial charge in [-0.2, -0.15) is 10.1 Å². The van der Waals surface area contributed by atoms with E-state index < -0.39 is 11.8 Å². The van der Waals surface area contributed by atoms with E-state index in [1.165, 1.54) is 6.20 Å². The van der Waals surface area contributed by atoms with Crippen molar-refractivity contribution in [2.45, 2.75) is 50.4 Å². The quantitative estimate of drug-likeness (QED) is 0.283. The van der Waals surface area contributed by atoms with Gasteiger partial charge in [0.2, 0.25) is 17.8 Å². The maximum Gasteiger partial charge on any atom is 0.255 e. The molecule has 0 unspecified atom stereocenters. The normalized spacial score (nSPS) is 19.5. The van der Waals surface area contributed by atoms with Gasteiger partial charge in [0.1, 0.15) is 5.65 Å². The molecule has 0 atom stereocenters. The van der Waals surface area contributed by atoms with Crippen molar-refractivity contribution in [3.05, 3.63) is 42.5 Å². The van der Waals surface area contributed by atoms with E-state index in [0.29, 0.717) is 42.1 Å². The molecule has 4 aromatic heterocycles. The number of anilines is 1. The Bertz CT molecular complexity index is 1480. The first-order chi connectivity index (χ1) is 18.2. The molecule has 2 aliphatic carbocycles. The molecule has 38 heavy (non-hydrogen) atoms. The molecule has 4 heterocycles. The molecule has 2 aliphatic rings. The van der Waals surface area contributed by atoms with E-state index in [-0.39, 0.29) is 50.0 Å². The number of alkyl halides is 4. The first-order valence-corrected chi connectivity index (χ1v) is 12.8. The van der Waals surface area contributed by atoms with E-state index in [0.717, 1.165) is 16.5 Å². The lowest BCUT2D eigenvalue weighted by atomic mass is 9.81. The van der Waals surface area contributed by atoms with Gasteiger partial charge in [0.05, 0.1) is 17.3 Å². The lowest BCUT2D eigenvalue weighted by Gasteiger charge is -2.34. The van der Waals surface area contributed by atoms with Crippen LogP contribution < -0.4 is 10.6 Å². The minimum Gasteiger partial charge on any atom is -0.354 e. The number of carbonyl (C=O) groups excluding carboxylic acids is 1. The van der Waals surface area contributed by atoms with Crippen LogP contribution in [-0.4, -0.2) is 55.4 Å². The number of pyridine rings is 1. The summed E-state index contributed by atoms with van der Waals surface area (Å²) in [5.74, 6) is -5.15. The van der Waals surface area contributed by atoms with E-state index in [4.69, 9.17) is 0 Å². The van der Waals surface area contributed by atoms with Gasteiger partial charge in [-0.3, -0.25) is 4.79 Å². The largest absolute Gasteiger partial charge is 0.354 e. The molecule has 0 spiro atoms. The van der Waals surface area contributed by atoms with Gasteiger partial charge in [0, 0.05) is 68.3 Å². The third kappa shape index (κ3) is 4.91. The van der Waals surface area contributed by atoms with E-state index >= 15 is 0 Å². The molecule has 2 saturated carbocycles. The van der Waals surface area contributed by atoms with Crippen molar-refractivity contribution in [3.8, 4) is 11.1 Å². The molecule has 8 nitrogen and oxygen atoms in total. The Morgan fingerprint density at radius 3 is 2.63 bits per heavy atom. The molecule has 4 aromatic rings. The summed E-state index contributed by atoms with van der Waals surface area (Å²) in [5.41, 5.74) is 3.24. The predicted octanol–water partition coefficient (Wildman–Crippen LogP) is 5.29. The summed E-state index contributed by atoms with van der Waals surface area (Å²) < 4.78 is 54.5. The van der Waals surface area contributed by atoms with Gasteiger partial charge in [-0.05, 0) is 42.4 Å². The van der Waals surface area contributed by atoms with Gasteiger partial charge in [0.25, 0.3) is 5.91 Å². The fourth-order valence-corrected chi connectivity index (χ4v) is 5.36. The number of hydrogen-bond acceptors (Lipinski definition) is 5. The molecule has 3 N–H and O–H groups in total. The van der Waals surface area contributed by atoms with Crippen LogP contribution in [0.2, 0.25) is 0 Å². The first-order valence-electron chi connectivity index (χ1n) is 12.8. The smallest absolute Gasteiger partial charge is 0.255 e. The van der Waals surface area contributed by atoms with Crippen LogP contribution in [0.3, 0.4) is 0 Å².